The first-order valence-electron chi connectivity index (χ1n) is 12.1. The standard InChI is InChI=1S/C32H24N2O3/c35-32(36)24-15-16-29-28(19-24)27(26-14-8-7-13-25(26)20-37-29)17-18-34-21-33-30(22-9-3-1-4-10-22)31(34)23-11-5-2-6-12-23/h1-17,19,21H,18,20H2,(H,35,36)/b27-17+. The fraction of sp³-hybridized carbons (Fsp3) is 0.0625. The van der Waals surface area contributed by atoms with Crippen molar-refractivity contribution < 1.29 is 14.6 Å². The number of aromatic nitrogens is 2. The first kappa shape index (κ1) is 22.6. The lowest BCUT2D eigenvalue weighted by molar-refractivity contribution is 0.0697. The summed E-state index contributed by atoms with van der Waals surface area (Å²) in [6.07, 6.45) is 4.01. The van der Waals surface area contributed by atoms with Gasteiger partial charge in [-0.3, -0.25) is 0 Å². The lowest BCUT2D eigenvalue weighted by Crippen LogP contribution is -2.01. The van der Waals surface area contributed by atoms with E-state index in [1.54, 1.807) is 18.2 Å². The molecule has 1 aliphatic heterocycles. The van der Waals surface area contributed by atoms with Crippen molar-refractivity contribution in [3.63, 3.8) is 0 Å². The molecular formula is C32H24N2O3. The summed E-state index contributed by atoms with van der Waals surface area (Å²) in [5, 5.41) is 9.65. The summed E-state index contributed by atoms with van der Waals surface area (Å²) in [5.74, 6) is -0.292. The molecule has 0 saturated carbocycles. The number of carboxylic acids is 1. The Balaban J connectivity index is 1.50. The Kier molecular flexibility index (Phi) is 5.87. The number of imidazole rings is 1. The SMILES string of the molecule is O=C(O)c1ccc2c(c1)/C(=C/Cn1cnc(-c3ccccc3)c1-c1ccccc1)c1ccccc1CO2. The van der Waals surface area contributed by atoms with Crippen LogP contribution in [0.25, 0.3) is 28.1 Å². The first-order valence-corrected chi connectivity index (χ1v) is 12.1. The van der Waals surface area contributed by atoms with Crippen LogP contribution < -0.4 is 4.74 Å². The average molecular weight is 485 g/mol. The zero-order chi connectivity index (χ0) is 25.2. The molecule has 5 aromatic rings. The Hall–Kier alpha value is -4.90. The maximum absolute atomic E-state index is 11.8. The second-order valence-electron chi connectivity index (χ2n) is 8.91. The van der Waals surface area contributed by atoms with Gasteiger partial charge in [0.25, 0.3) is 0 Å². The highest BCUT2D eigenvalue weighted by molar-refractivity contribution is 5.92. The van der Waals surface area contributed by atoms with Crippen LogP contribution in [0.1, 0.15) is 27.0 Å². The van der Waals surface area contributed by atoms with Gasteiger partial charge in [0.05, 0.1) is 23.3 Å². The largest absolute Gasteiger partial charge is 0.488 e. The van der Waals surface area contributed by atoms with Crippen LogP contribution >= 0.6 is 0 Å². The van der Waals surface area contributed by atoms with Crippen molar-refractivity contribution in [1.82, 2.24) is 9.55 Å². The van der Waals surface area contributed by atoms with Gasteiger partial charge in [-0.15, -0.1) is 0 Å². The number of hydrogen-bond acceptors (Lipinski definition) is 3. The normalized spacial score (nSPS) is 13.4. The number of hydrogen-bond donors (Lipinski definition) is 1. The Morgan fingerprint density at radius 3 is 2.32 bits per heavy atom. The number of benzene rings is 4. The van der Waals surface area contributed by atoms with E-state index in [4.69, 9.17) is 9.72 Å². The van der Waals surface area contributed by atoms with Crippen molar-refractivity contribution in [3.05, 3.63) is 138 Å². The Labute approximate surface area is 214 Å². The molecule has 6 rings (SSSR count). The number of rotatable bonds is 5. The van der Waals surface area contributed by atoms with Crippen LogP contribution in [0.4, 0.5) is 0 Å². The fourth-order valence-corrected chi connectivity index (χ4v) is 4.85. The maximum atomic E-state index is 11.8. The lowest BCUT2D eigenvalue weighted by Gasteiger charge is -2.13. The lowest BCUT2D eigenvalue weighted by atomic mass is 9.93. The van der Waals surface area contributed by atoms with Crippen LogP contribution in [0, 0.1) is 0 Å². The highest BCUT2D eigenvalue weighted by Crippen LogP contribution is 2.38. The van der Waals surface area contributed by atoms with Crippen molar-refractivity contribution >= 4 is 11.5 Å². The molecule has 5 nitrogen and oxygen atoms in total. The number of carboxylic acid groups (broad SMARTS) is 1. The van der Waals surface area contributed by atoms with Crippen molar-refractivity contribution in [2.75, 3.05) is 0 Å². The molecule has 0 saturated heterocycles. The minimum atomic E-state index is -0.965. The molecule has 2 heterocycles. The number of aromatic carboxylic acids is 1. The summed E-state index contributed by atoms with van der Waals surface area (Å²) in [7, 11) is 0. The second kappa shape index (κ2) is 9.63. The van der Waals surface area contributed by atoms with Gasteiger partial charge in [0, 0.05) is 23.2 Å². The topological polar surface area (TPSA) is 64.3 Å². The van der Waals surface area contributed by atoms with Crippen LogP contribution in [-0.4, -0.2) is 20.6 Å². The number of fused-ring (bicyclic) bond motifs is 2. The van der Waals surface area contributed by atoms with Gasteiger partial charge in [-0.05, 0) is 34.9 Å². The molecule has 0 spiro atoms. The van der Waals surface area contributed by atoms with Gasteiger partial charge in [0.2, 0.25) is 0 Å². The van der Waals surface area contributed by atoms with E-state index in [2.05, 4.69) is 41.0 Å². The van der Waals surface area contributed by atoms with Crippen molar-refractivity contribution in [3.8, 4) is 28.3 Å². The van der Waals surface area contributed by atoms with E-state index < -0.39 is 5.97 Å². The van der Waals surface area contributed by atoms with Crippen LogP contribution in [-0.2, 0) is 13.2 Å². The molecule has 0 bridgehead atoms. The first-order chi connectivity index (χ1) is 18.2. The third-order valence-corrected chi connectivity index (χ3v) is 6.63. The zero-order valence-electron chi connectivity index (χ0n) is 20.0. The molecule has 1 aromatic heterocycles. The van der Waals surface area contributed by atoms with Crippen LogP contribution in [0.5, 0.6) is 5.75 Å². The number of nitrogens with zero attached hydrogens (tertiary/aromatic N) is 2. The molecule has 1 N–H and O–H groups in total. The molecule has 0 radical (unpaired) electrons. The van der Waals surface area contributed by atoms with E-state index in [1.807, 2.05) is 60.9 Å². The monoisotopic (exact) mass is 484 g/mol. The van der Waals surface area contributed by atoms with Crippen LogP contribution in [0.15, 0.2) is 116 Å². The molecule has 0 amide bonds. The molecule has 0 aliphatic carbocycles. The molecule has 180 valence electrons. The zero-order valence-corrected chi connectivity index (χ0v) is 20.0. The number of allylic oxidation sites excluding steroid dienone is 1. The van der Waals surface area contributed by atoms with Gasteiger partial charge < -0.3 is 14.4 Å². The van der Waals surface area contributed by atoms with E-state index in [0.717, 1.165) is 44.8 Å². The third kappa shape index (κ3) is 4.32. The summed E-state index contributed by atoms with van der Waals surface area (Å²) in [4.78, 5) is 16.6. The molecule has 4 aromatic carbocycles. The van der Waals surface area contributed by atoms with Gasteiger partial charge >= 0.3 is 5.97 Å². The summed E-state index contributed by atoms with van der Waals surface area (Å²) >= 11 is 0. The van der Waals surface area contributed by atoms with Gasteiger partial charge in [0.1, 0.15) is 12.4 Å². The molecule has 0 unspecified atom stereocenters. The maximum Gasteiger partial charge on any atom is 0.335 e. The summed E-state index contributed by atoms with van der Waals surface area (Å²) in [6.45, 7) is 0.968. The number of ether oxygens (including phenoxy) is 1. The molecule has 37 heavy (non-hydrogen) atoms. The average Bonchev–Trinajstić information content (AvgIpc) is 3.30. The van der Waals surface area contributed by atoms with Gasteiger partial charge in [0.15, 0.2) is 0 Å². The molecular weight excluding hydrogens is 460 g/mol. The Morgan fingerprint density at radius 1 is 0.865 bits per heavy atom. The molecule has 1 aliphatic rings. The van der Waals surface area contributed by atoms with Gasteiger partial charge in [-0.2, -0.15) is 0 Å². The van der Waals surface area contributed by atoms with E-state index in [0.29, 0.717) is 18.9 Å². The Morgan fingerprint density at radius 2 is 1.57 bits per heavy atom. The molecule has 0 atom stereocenters. The highest BCUT2D eigenvalue weighted by Gasteiger charge is 2.21. The molecule has 0 fully saturated rings. The van der Waals surface area contributed by atoms with Gasteiger partial charge in [-0.1, -0.05) is 91.0 Å². The Bertz CT molecular complexity index is 1620. The molecule has 5 heteroatoms. The van der Waals surface area contributed by atoms with E-state index >= 15 is 0 Å². The predicted molar refractivity (Wildman–Crippen MR) is 144 cm³/mol. The fourth-order valence-electron chi connectivity index (χ4n) is 4.85. The van der Waals surface area contributed by atoms with E-state index in [9.17, 15) is 9.90 Å². The third-order valence-electron chi connectivity index (χ3n) is 6.63. The number of carbonyl (C=O) groups is 1. The van der Waals surface area contributed by atoms with Gasteiger partial charge in [-0.25, -0.2) is 9.78 Å². The summed E-state index contributed by atoms with van der Waals surface area (Å²) in [6, 6.07) is 33.6. The van der Waals surface area contributed by atoms with Crippen LogP contribution in [0.3, 0.4) is 0 Å². The van der Waals surface area contributed by atoms with Crippen molar-refractivity contribution in [2.45, 2.75) is 13.2 Å². The quantitative estimate of drug-likeness (QED) is 0.293. The van der Waals surface area contributed by atoms with Crippen LogP contribution in [0.2, 0.25) is 0 Å². The predicted octanol–water partition coefficient (Wildman–Crippen LogP) is 6.94. The summed E-state index contributed by atoms with van der Waals surface area (Å²) in [5.41, 5.74) is 8.12. The van der Waals surface area contributed by atoms with Crippen molar-refractivity contribution in [1.29, 1.82) is 0 Å². The minimum absolute atomic E-state index is 0.228. The highest BCUT2D eigenvalue weighted by atomic mass is 16.5. The van der Waals surface area contributed by atoms with Crippen molar-refractivity contribution in [2.24, 2.45) is 0 Å². The van der Waals surface area contributed by atoms with E-state index in [1.165, 1.54) is 0 Å². The summed E-state index contributed by atoms with van der Waals surface area (Å²) < 4.78 is 8.23. The second-order valence-corrected chi connectivity index (χ2v) is 8.91. The van der Waals surface area contributed by atoms with E-state index in [-0.39, 0.29) is 5.56 Å². The minimum Gasteiger partial charge on any atom is -0.488 e. The smallest absolute Gasteiger partial charge is 0.335 e.